The lowest BCUT2D eigenvalue weighted by Gasteiger charge is -2.32. The lowest BCUT2D eigenvalue weighted by Crippen LogP contribution is -2.46. The van der Waals surface area contributed by atoms with Gasteiger partial charge >= 0.3 is 0 Å². The molecule has 0 radical (unpaired) electrons. The average molecular weight is 160 g/mol. The van der Waals surface area contributed by atoms with Crippen molar-refractivity contribution in [2.24, 2.45) is 0 Å². The van der Waals surface area contributed by atoms with Crippen LogP contribution in [0, 0.1) is 0 Å². The number of nitrogens with one attached hydrogen (secondary N) is 1. The summed E-state index contributed by atoms with van der Waals surface area (Å²) < 4.78 is 0. The Balaban J connectivity index is 0.000000371. The third-order valence-corrected chi connectivity index (χ3v) is 1.82. The van der Waals surface area contributed by atoms with Crippen molar-refractivity contribution in [3.8, 4) is 0 Å². The van der Waals surface area contributed by atoms with E-state index in [0.717, 1.165) is 18.2 Å². The van der Waals surface area contributed by atoms with Crippen LogP contribution in [-0.4, -0.2) is 30.1 Å². The maximum atomic E-state index is 4.94. The first-order valence-electron chi connectivity index (χ1n) is 3.81. The van der Waals surface area contributed by atoms with Crippen LogP contribution in [-0.2, 0) is 0 Å². The minimum absolute atomic E-state index is 0.885. The number of hydrogen-bond donors (Lipinski definition) is 1. The summed E-state index contributed by atoms with van der Waals surface area (Å²) >= 11 is 4.94. The summed E-state index contributed by atoms with van der Waals surface area (Å²) in [5.41, 5.74) is 0. The van der Waals surface area contributed by atoms with E-state index in [2.05, 4.69) is 10.2 Å². The molecule has 0 bridgehead atoms. The van der Waals surface area contributed by atoms with E-state index in [4.69, 9.17) is 12.2 Å². The largest absolute Gasteiger partial charge is 0.366 e. The summed E-state index contributed by atoms with van der Waals surface area (Å²) in [6, 6.07) is 0. The summed E-state index contributed by atoms with van der Waals surface area (Å²) in [5, 5.41) is 3.81. The smallest absolute Gasteiger partial charge is 0.168 e. The molecule has 1 saturated heterocycles. The first-order valence-corrected chi connectivity index (χ1v) is 4.22. The van der Waals surface area contributed by atoms with Gasteiger partial charge in [-0.3, -0.25) is 0 Å². The Morgan fingerprint density at radius 2 is 1.90 bits per heavy atom. The van der Waals surface area contributed by atoms with E-state index in [9.17, 15) is 0 Å². The Bertz CT molecular complexity index is 99.8. The van der Waals surface area contributed by atoms with E-state index in [-0.39, 0.29) is 0 Å². The monoisotopic (exact) mass is 160 g/mol. The second kappa shape index (κ2) is 5.47. The van der Waals surface area contributed by atoms with Crippen LogP contribution in [0.25, 0.3) is 0 Å². The lowest BCUT2D eigenvalue weighted by atomic mass is 10.2. The van der Waals surface area contributed by atoms with Gasteiger partial charge in [-0.2, -0.15) is 0 Å². The van der Waals surface area contributed by atoms with Gasteiger partial charge in [0.1, 0.15) is 0 Å². The highest BCUT2D eigenvalue weighted by molar-refractivity contribution is 7.80. The fourth-order valence-electron chi connectivity index (χ4n) is 0.677. The predicted molar refractivity (Wildman–Crippen MR) is 49.2 cm³/mol. The number of likely N-dealkylation sites (tertiary alicyclic amines) is 1. The molecule has 0 amide bonds. The normalized spacial score (nSPS) is 14.5. The van der Waals surface area contributed by atoms with Crippen LogP contribution in [0.5, 0.6) is 0 Å². The van der Waals surface area contributed by atoms with Crippen molar-refractivity contribution >= 4 is 17.3 Å². The molecule has 1 rings (SSSR count). The summed E-state index contributed by atoms with van der Waals surface area (Å²) in [4.78, 5) is 2.15. The number of nitrogens with zero attached hydrogens (tertiary/aromatic N) is 1. The van der Waals surface area contributed by atoms with Crippen LogP contribution in [0.15, 0.2) is 0 Å². The molecule has 0 aromatic heterocycles. The van der Waals surface area contributed by atoms with Crippen molar-refractivity contribution in [1.82, 2.24) is 10.2 Å². The van der Waals surface area contributed by atoms with E-state index < -0.39 is 0 Å². The van der Waals surface area contributed by atoms with Gasteiger partial charge in [0.2, 0.25) is 0 Å². The zero-order valence-corrected chi connectivity index (χ0v) is 7.79. The summed E-state index contributed by atoms with van der Waals surface area (Å²) in [5.74, 6) is 0. The molecule has 1 heterocycles. The second-order valence-corrected chi connectivity index (χ2v) is 2.28. The number of thiocarbonyl (C=S) groups is 1. The molecule has 1 fully saturated rings. The number of rotatable bonds is 0. The Morgan fingerprint density at radius 1 is 1.40 bits per heavy atom. The van der Waals surface area contributed by atoms with Gasteiger partial charge in [0, 0.05) is 20.1 Å². The van der Waals surface area contributed by atoms with Gasteiger partial charge in [-0.15, -0.1) is 0 Å². The molecular weight excluding hydrogens is 144 g/mol. The Hall–Kier alpha value is -0.310. The summed E-state index contributed by atoms with van der Waals surface area (Å²) in [6.07, 6.45) is 1.29. The van der Waals surface area contributed by atoms with Gasteiger partial charge in [0.15, 0.2) is 5.11 Å². The van der Waals surface area contributed by atoms with Crippen molar-refractivity contribution in [2.75, 3.05) is 20.1 Å². The van der Waals surface area contributed by atoms with Crippen LogP contribution in [0.2, 0.25) is 0 Å². The topological polar surface area (TPSA) is 15.3 Å². The molecule has 1 N–H and O–H groups in total. The van der Waals surface area contributed by atoms with Gasteiger partial charge in [-0.1, -0.05) is 13.8 Å². The molecule has 0 saturated carbocycles. The molecule has 2 nitrogen and oxygen atoms in total. The molecule has 0 unspecified atom stereocenters. The van der Waals surface area contributed by atoms with Crippen molar-refractivity contribution in [3.05, 3.63) is 0 Å². The van der Waals surface area contributed by atoms with Crippen LogP contribution >= 0.6 is 12.2 Å². The molecule has 3 heteroatoms. The van der Waals surface area contributed by atoms with Gasteiger partial charge < -0.3 is 10.2 Å². The first kappa shape index (κ1) is 9.69. The van der Waals surface area contributed by atoms with Crippen LogP contribution in [0.4, 0.5) is 0 Å². The van der Waals surface area contributed by atoms with Crippen LogP contribution in [0.1, 0.15) is 20.3 Å². The molecule has 1 aliphatic rings. The third kappa shape index (κ3) is 2.52. The average Bonchev–Trinajstić information content (AvgIpc) is 1.89. The van der Waals surface area contributed by atoms with Crippen molar-refractivity contribution in [1.29, 1.82) is 0 Å². The fourth-order valence-corrected chi connectivity index (χ4v) is 0.860. The van der Waals surface area contributed by atoms with Crippen molar-refractivity contribution in [2.45, 2.75) is 20.3 Å². The van der Waals surface area contributed by atoms with Gasteiger partial charge in [-0.05, 0) is 18.6 Å². The third-order valence-electron chi connectivity index (χ3n) is 1.36. The highest BCUT2D eigenvalue weighted by atomic mass is 32.1. The van der Waals surface area contributed by atoms with E-state index >= 15 is 0 Å². The van der Waals surface area contributed by atoms with E-state index in [1.807, 2.05) is 20.9 Å². The zero-order chi connectivity index (χ0) is 7.98. The second-order valence-electron chi connectivity index (χ2n) is 1.90. The lowest BCUT2D eigenvalue weighted by molar-refractivity contribution is 0.298. The SMILES string of the molecule is CC.CNC(=S)N1CCC1. The van der Waals surface area contributed by atoms with Gasteiger partial charge in [0.05, 0.1) is 0 Å². The van der Waals surface area contributed by atoms with Gasteiger partial charge in [0.25, 0.3) is 0 Å². The zero-order valence-electron chi connectivity index (χ0n) is 6.98. The quantitative estimate of drug-likeness (QED) is 0.536. The first-order chi connectivity index (χ1) is 4.84. The van der Waals surface area contributed by atoms with Crippen molar-refractivity contribution < 1.29 is 0 Å². The molecular formula is C7H16N2S. The van der Waals surface area contributed by atoms with E-state index in [0.29, 0.717) is 0 Å². The molecule has 0 spiro atoms. The molecule has 0 aromatic rings. The summed E-state index contributed by atoms with van der Waals surface area (Å²) in [7, 11) is 1.86. The highest BCUT2D eigenvalue weighted by Gasteiger charge is 2.14. The standard InChI is InChI=1S/C5H10N2S.C2H6/c1-6-5(8)7-3-2-4-7;1-2/h2-4H2,1H3,(H,6,8);1-2H3. The number of hydrogen-bond acceptors (Lipinski definition) is 1. The molecule has 1 aliphatic heterocycles. The van der Waals surface area contributed by atoms with Gasteiger partial charge in [-0.25, -0.2) is 0 Å². The Morgan fingerprint density at radius 3 is 2.00 bits per heavy atom. The maximum Gasteiger partial charge on any atom is 0.168 e. The molecule has 0 atom stereocenters. The van der Waals surface area contributed by atoms with E-state index in [1.54, 1.807) is 0 Å². The molecule has 10 heavy (non-hydrogen) atoms. The van der Waals surface area contributed by atoms with Crippen LogP contribution in [0.3, 0.4) is 0 Å². The molecule has 0 aromatic carbocycles. The minimum atomic E-state index is 0.885. The highest BCUT2D eigenvalue weighted by Crippen LogP contribution is 2.04. The fraction of sp³-hybridized carbons (Fsp3) is 0.857. The Kier molecular flexibility index (Phi) is 5.30. The van der Waals surface area contributed by atoms with Crippen LogP contribution < -0.4 is 5.32 Å². The van der Waals surface area contributed by atoms with E-state index in [1.165, 1.54) is 6.42 Å². The Labute approximate surface area is 68.6 Å². The summed E-state index contributed by atoms with van der Waals surface area (Å²) in [6.45, 7) is 6.28. The maximum absolute atomic E-state index is 4.94. The molecule has 0 aliphatic carbocycles. The molecule has 60 valence electrons. The minimum Gasteiger partial charge on any atom is -0.366 e. The van der Waals surface area contributed by atoms with Crippen molar-refractivity contribution in [3.63, 3.8) is 0 Å². The predicted octanol–water partition coefficient (Wildman–Crippen LogP) is 1.22.